The van der Waals surface area contributed by atoms with E-state index in [1.807, 2.05) is 11.8 Å². The largest absolute Gasteiger partial charge is 0.481 e. The van der Waals surface area contributed by atoms with Gasteiger partial charge in [-0.05, 0) is 124 Å². The lowest BCUT2D eigenvalue weighted by Crippen LogP contribution is -2.70. The number of amides is 1. The zero-order valence-corrected chi connectivity index (χ0v) is 25.2. The first-order valence-corrected chi connectivity index (χ1v) is 15.5. The Hall–Kier alpha value is -1.36. The summed E-state index contributed by atoms with van der Waals surface area (Å²) in [4.78, 5) is 26.2. The molecule has 0 bridgehead atoms. The van der Waals surface area contributed by atoms with Crippen LogP contribution in [0.5, 0.6) is 0 Å². The number of aliphatic carboxylic acids is 1. The van der Waals surface area contributed by atoms with Crippen molar-refractivity contribution in [2.24, 2.45) is 45.3 Å². The maximum atomic E-state index is 13.1. The van der Waals surface area contributed by atoms with Crippen LogP contribution in [-0.4, -0.2) is 45.7 Å². The molecule has 2 N–H and O–H groups in total. The summed E-state index contributed by atoms with van der Waals surface area (Å²) < 4.78 is 0. The Morgan fingerprint density at radius 1 is 0.868 bits per heavy atom. The molecule has 0 aromatic rings. The number of hydrogen-bond donors (Lipinski definition) is 2. The molecule has 1 aliphatic heterocycles. The Kier molecular flexibility index (Phi) is 7.98. The van der Waals surface area contributed by atoms with Gasteiger partial charge in [-0.25, -0.2) is 0 Å². The molecule has 5 rings (SSSR count). The van der Waals surface area contributed by atoms with Crippen molar-refractivity contribution in [1.29, 1.82) is 0 Å². The molecule has 4 saturated carbocycles. The van der Waals surface area contributed by atoms with Crippen molar-refractivity contribution in [2.45, 2.75) is 124 Å². The lowest BCUT2D eigenvalue weighted by atomic mass is 9.33. The average molecular weight is 530 g/mol. The van der Waals surface area contributed by atoms with Gasteiger partial charge in [0.2, 0.25) is 5.91 Å². The molecule has 6 unspecified atom stereocenters. The SMILES string of the molecule is C=CC.CC12CCN(C(=O)CCC(=O)O)C(C)(C)C1CCC1(C)C2CCC2[C@H]3CCCC3(CO)CC[C@]21C. The lowest BCUT2D eigenvalue weighted by Gasteiger charge is -2.73. The first-order valence-electron chi connectivity index (χ1n) is 15.5. The van der Waals surface area contributed by atoms with E-state index in [-0.39, 0.29) is 35.1 Å². The number of aliphatic hydroxyl groups excluding tert-OH is 1. The van der Waals surface area contributed by atoms with Gasteiger partial charge in [-0.2, -0.15) is 0 Å². The quantitative estimate of drug-likeness (QED) is 0.381. The van der Waals surface area contributed by atoms with Gasteiger partial charge in [-0.15, -0.1) is 6.58 Å². The molecule has 1 heterocycles. The van der Waals surface area contributed by atoms with E-state index < -0.39 is 5.97 Å². The fourth-order valence-corrected chi connectivity index (χ4v) is 11.5. The number of nitrogens with zero attached hydrogens (tertiary/aromatic N) is 1. The molecular formula is C33H55NO4. The van der Waals surface area contributed by atoms with Crippen LogP contribution in [0.4, 0.5) is 0 Å². The van der Waals surface area contributed by atoms with Gasteiger partial charge in [0.05, 0.1) is 6.42 Å². The second-order valence-corrected chi connectivity index (χ2v) is 14.9. The van der Waals surface area contributed by atoms with Crippen LogP contribution in [0.3, 0.4) is 0 Å². The predicted octanol–water partition coefficient (Wildman–Crippen LogP) is 7.08. The molecule has 38 heavy (non-hydrogen) atoms. The van der Waals surface area contributed by atoms with Crippen LogP contribution in [0.2, 0.25) is 0 Å². The van der Waals surface area contributed by atoms with E-state index in [0.29, 0.717) is 35.2 Å². The van der Waals surface area contributed by atoms with Crippen molar-refractivity contribution in [3.05, 3.63) is 12.7 Å². The number of aliphatic hydroxyl groups is 1. The summed E-state index contributed by atoms with van der Waals surface area (Å²) in [6.45, 7) is 18.7. The number of allylic oxidation sites excluding steroid dienone is 1. The Balaban J connectivity index is 0.00000107. The van der Waals surface area contributed by atoms with E-state index in [0.717, 1.165) is 25.3 Å². The van der Waals surface area contributed by atoms with Crippen LogP contribution >= 0.6 is 0 Å². The van der Waals surface area contributed by atoms with Gasteiger partial charge in [0.1, 0.15) is 0 Å². The van der Waals surface area contributed by atoms with Crippen LogP contribution < -0.4 is 0 Å². The minimum Gasteiger partial charge on any atom is -0.481 e. The summed E-state index contributed by atoms with van der Waals surface area (Å²) in [7, 11) is 0. The van der Waals surface area contributed by atoms with Crippen LogP contribution in [0.1, 0.15) is 119 Å². The van der Waals surface area contributed by atoms with Crippen molar-refractivity contribution < 1.29 is 19.8 Å². The summed E-state index contributed by atoms with van der Waals surface area (Å²) in [6.07, 6.45) is 14.0. The van der Waals surface area contributed by atoms with E-state index in [1.54, 1.807) is 6.08 Å². The Morgan fingerprint density at radius 3 is 2.18 bits per heavy atom. The molecule has 1 saturated heterocycles. The molecule has 0 radical (unpaired) electrons. The number of carboxylic acids is 1. The normalized spacial score (nSPS) is 44.9. The molecule has 5 heteroatoms. The summed E-state index contributed by atoms with van der Waals surface area (Å²) >= 11 is 0. The zero-order valence-electron chi connectivity index (χ0n) is 25.2. The van der Waals surface area contributed by atoms with Gasteiger partial charge in [-0.3, -0.25) is 9.59 Å². The Bertz CT molecular complexity index is 930. The number of likely N-dealkylation sites (tertiary alicyclic amines) is 1. The molecule has 5 nitrogen and oxygen atoms in total. The smallest absolute Gasteiger partial charge is 0.303 e. The lowest BCUT2D eigenvalue weighted by molar-refractivity contribution is -0.241. The fourth-order valence-electron chi connectivity index (χ4n) is 11.5. The third-order valence-electron chi connectivity index (χ3n) is 13.4. The molecule has 4 aliphatic carbocycles. The van der Waals surface area contributed by atoms with Gasteiger partial charge < -0.3 is 15.1 Å². The van der Waals surface area contributed by atoms with Crippen LogP contribution in [0, 0.1) is 45.3 Å². The van der Waals surface area contributed by atoms with E-state index in [1.165, 1.54) is 51.4 Å². The second-order valence-electron chi connectivity index (χ2n) is 14.9. The molecule has 5 fully saturated rings. The van der Waals surface area contributed by atoms with Crippen LogP contribution in [0.15, 0.2) is 12.7 Å². The van der Waals surface area contributed by atoms with Gasteiger partial charge in [0, 0.05) is 25.1 Å². The molecule has 0 aromatic heterocycles. The third kappa shape index (κ3) is 4.20. The van der Waals surface area contributed by atoms with Crippen molar-refractivity contribution >= 4 is 11.9 Å². The molecule has 0 aromatic carbocycles. The van der Waals surface area contributed by atoms with Crippen molar-refractivity contribution in [3.63, 3.8) is 0 Å². The number of carboxylic acid groups (broad SMARTS) is 1. The number of carbonyl (C=O) groups excluding carboxylic acids is 1. The number of fused-ring (bicyclic) bond motifs is 7. The molecule has 0 spiro atoms. The van der Waals surface area contributed by atoms with Crippen LogP contribution in [-0.2, 0) is 9.59 Å². The van der Waals surface area contributed by atoms with E-state index in [9.17, 15) is 14.7 Å². The van der Waals surface area contributed by atoms with Crippen molar-refractivity contribution in [2.75, 3.05) is 13.2 Å². The topological polar surface area (TPSA) is 77.8 Å². The number of piperidine rings is 1. The maximum Gasteiger partial charge on any atom is 0.303 e. The minimum absolute atomic E-state index is 0.0114. The number of hydrogen-bond acceptors (Lipinski definition) is 3. The van der Waals surface area contributed by atoms with E-state index >= 15 is 0 Å². The third-order valence-corrected chi connectivity index (χ3v) is 13.4. The fraction of sp³-hybridized carbons (Fsp3) is 0.879. The van der Waals surface area contributed by atoms with Gasteiger partial charge in [0.25, 0.3) is 0 Å². The minimum atomic E-state index is -0.892. The van der Waals surface area contributed by atoms with Crippen molar-refractivity contribution in [1.82, 2.24) is 4.90 Å². The monoisotopic (exact) mass is 529 g/mol. The first-order chi connectivity index (χ1) is 17.8. The van der Waals surface area contributed by atoms with E-state index in [4.69, 9.17) is 5.11 Å². The summed E-state index contributed by atoms with van der Waals surface area (Å²) in [5.41, 5.74) is 0.784. The Morgan fingerprint density at radius 2 is 1.55 bits per heavy atom. The van der Waals surface area contributed by atoms with Crippen LogP contribution in [0.25, 0.3) is 0 Å². The summed E-state index contributed by atoms with van der Waals surface area (Å²) in [5.74, 6) is 1.65. The Labute approximate surface area is 231 Å². The standard InChI is InChI=1S/C30H49NO4.C3H6/c1-26(2)22-12-14-29(5)23(27(22,3)17-18-31(26)24(33)10-11-25(34)35)9-8-20-21-7-6-13-30(21,19-32)16-15-28(20,29)4;1-3-2/h20-23,32H,6-19H2,1-5H3,(H,34,35);3H,1H2,2H3/t20?,21-,22?,23?,27?,28-,29?,30?;/m1./s1. The van der Waals surface area contributed by atoms with Crippen molar-refractivity contribution in [3.8, 4) is 0 Å². The van der Waals surface area contributed by atoms with Gasteiger partial charge in [0.15, 0.2) is 0 Å². The van der Waals surface area contributed by atoms with Gasteiger partial charge >= 0.3 is 5.97 Å². The highest BCUT2D eigenvalue weighted by Crippen LogP contribution is 2.76. The highest BCUT2D eigenvalue weighted by molar-refractivity contribution is 5.81. The average Bonchev–Trinajstić information content (AvgIpc) is 3.28. The highest BCUT2D eigenvalue weighted by atomic mass is 16.4. The predicted molar refractivity (Wildman–Crippen MR) is 153 cm³/mol. The second kappa shape index (κ2) is 10.2. The first kappa shape index (κ1) is 29.6. The number of rotatable bonds is 4. The molecule has 5 aliphatic rings. The molecule has 216 valence electrons. The summed E-state index contributed by atoms with van der Waals surface area (Å²) in [5, 5.41) is 19.5. The maximum absolute atomic E-state index is 13.1. The zero-order chi connectivity index (χ0) is 28.1. The molecule has 1 amide bonds. The van der Waals surface area contributed by atoms with Gasteiger partial charge in [-0.1, -0.05) is 33.3 Å². The highest BCUT2D eigenvalue weighted by Gasteiger charge is 2.69. The molecule has 8 atom stereocenters. The summed E-state index contributed by atoms with van der Waals surface area (Å²) in [6, 6.07) is 0. The molecular weight excluding hydrogens is 474 g/mol. The van der Waals surface area contributed by atoms with E-state index in [2.05, 4.69) is 41.2 Å². The number of carbonyl (C=O) groups is 2.